The third-order valence-corrected chi connectivity index (χ3v) is 4.24. The van der Waals surface area contributed by atoms with Gasteiger partial charge in [-0.2, -0.15) is 0 Å². The van der Waals surface area contributed by atoms with Gasteiger partial charge in [-0.1, -0.05) is 13.3 Å². The van der Waals surface area contributed by atoms with Crippen LogP contribution in [-0.2, 0) is 4.79 Å². The van der Waals surface area contributed by atoms with Gasteiger partial charge in [0.1, 0.15) is 0 Å². The molecule has 0 saturated carbocycles. The van der Waals surface area contributed by atoms with Crippen LogP contribution in [0.3, 0.4) is 0 Å². The molecule has 6 heteroatoms. The Morgan fingerprint density at radius 2 is 1.90 bits per heavy atom. The summed E-state index contributed by atoms with van der Waals surface area (Å²) in [5.41, 5.74) is 0. The molecular formula is C15H29N3O3. The zero-order chi connectivity index (χ0) is 15.8. The summed E-state index contributed by atoms with van der Waals surface area (Å²) >= 11 is 0. The van der Waals surface area contributed by atoms with Gasteiger partial charge in [0, 0.05) is 19.1 Å². The monoisotopic (exact) mass is 299 g/mol. The van der Waals surface area contributed by atoms with Crippen LogP contribution in [0.15, 0.2) is 0 Å². The molecule has 1 aliphatic rings. The predicted molar refractivity (Wildman–Crippen MR) is 82.3 cm³/mol. The van der Waals surface area contributed by atoms with Crippen LogP contribution in [0.25, 0.3) is 0 Å². The Morgan fingerprint density at radius 3 is 2.48 bits per heavy atom. The minimum Gasteiger partial charge on any atom is -0.481 e. The standard InChI is InChI=1S/C15H29N3O3/c1-11(14(19)20)5-4-6-12(2)17-15(21)18(3)13-7-9-16-10-8-13/h11-13,16H,4-10H2,1-3H3,(H,17,21)(H,19,20). The minimum atomic E-state index is -0.752. The number of hydrogen-bond acceptors (Lipinski definition) is 3. The summed E-state index contributed by atoms with van der Waals surface area (Å²) in [5, 5.41) is 15.1. The molecule has 1 fully saturated rings. The highest BCUT2D eigenvalue weighted by atomic mass is 16.4. The van der Waals surface area contributed by atoms with E-state index in [2.05, 4.69) is 10.6 Å². The lowest BCUT2D eigenvalue weighted by molar-refractivity contribution is -0.141. The van der Waals surface area contributed by atoms with E-state index in [1.165, 1.54) is 0 Å². The lowest BCUT2D eigenvalue weighted by Crippen LogP contribution is -2.49. The van der Waals surface area contributed by atoms with E-state index in [1.54, 1.807) is 11.8 Å². The molecule has 0 bridgehead atoms. The van der Waals surface area contributed by atoms with Gasteiger partial charge in [-0.25, -0.2) is 4.79 Å². The number of carboxylic acids is 1. The third-order valence-electron chi connectivity index (χ3n) is 4.24. The van der Waals surface area contributed by atoms with Gasteiger partial charge in [-0.3, -0.25) is 4.79 Å². The van der Waals surface area contributed by atoms with Crippen LogP contribution in [-0.4, -0.2) is 54.2 Å². The Labute approximate surface area is 127 Å². The normalized spacial score (nSPS) is 18.8. The van der Waals surface area contributed by atoms with E-state index in [0.29, 0.717) is 12.5 Å². The van der Waals surface area contributed by atoms with Crippen LogP contribution < -0.4 is 10.6 Å². The zero-order valence-corrected chi connectivity index (χ0v) is 13.4. The van der Waals surface area contributed by atoms with Crippen LogP contribution in [0.1, 0.15) is 46.0 Å². The lowest BCUT2D eigenvalue weighted by atomic mass is 10.0. The lowest BCUT2D eigenvalue weighted by Gasteiger charge is -2.32. The molecule has 0 aliphatic carbocycles. The summed E-state index contributed by atoms with van der Waals surface area (Å²) in [6, 6.07) is 0.355. The highest BCUT2D eigenvalue weighted by molar-refractivity contribution is 5.74. The zero-order valence-electron chi connectivity index (χ0n) is 13.4. The number of nitrogens with one attached hydrogen (secondary N) is 2. The Balaban J connectivity index is 2.24. The molecule has 1 saturated heterocycles. The Bertz CT molecular complexity index is 343. The van der Waals surface area contributed by atoms with Crippen molar-refractivity contribution < 1.29 is 14.7 Å². The van der Waals surface area contributed by atoms with Gasteiger partial charge >= 0.3 is 12.0 Å². The van der Waals surface area contributed by atoms with Crippen molar-refractivity contribution in [3.8, 4) is 0 Å². The Hall–Kier alpha value is -1.30. The van der Waals surface area contributed by atoms with Gasteiger partial charge in [-0.15, -0.1) is 0 Å². The number of carbonyl (C=O) groups excluding carboxylic acids is 1. The van der Waals surface area contributed by atoms with Gasteiger partial charge in [-0.05, 0) is 45.7 Å². The summed E-state index contributed by atoms with van der Waals surface area (Å²) < 4.78 is 0. The molecule has 2 unspecified atom stereocenters. The first kappa shape index (κ1) is 17.8. The number of carbonyl (C=O) groups is 2. The smallest absolute Gasteiger partial charge is 0.317 e. The van der Waals surface area contributed by atoms with E-state index in [1.807, 2.05) is 14.0 Å². The number of hydrogen-bond donors (Lipinski definition) is 3. The molecule has 122 valence electrons. The van der Waals surface area contributed by atoms with Crippen LogP contribution in [0.4, 0.5) is 4.79 Å². The van der Waals surface area contributed by atoms with Crippen molar-refractivity contribution in [2.75, 3.05) is 20.1 Å². The number of piperidine rings is 1. The van der Waals surface area contributed by atoms with Gasteiger partial charge in [0.05, 0.1) is 5.92 Å². The first-order valence-electron chi connectivity index (χ1n) is 7.88. The third kappa shape index (κ3) is 6.33. The highest BCUT2D eigenvalue weighted by Crippen LogP contribution is 2.12. The van der Waals surface area contributed by atoms with Crippen molar-refractivity contribution in [1.82, 2.24) is 15.5 Å². The van der Waals surface area contributed by atoms with Crippen LogP contribution in [0, 0.1) is 5.92 Å². The molecular weight excluding hydrogens is 270 g/mol. The second-order valence-corrected chi connectivity index (χ2v) is 6.11. The number of amides is 2. The summed E-state index contributed by atoms with van der Waals surface area (Å²) in [6.45, 7) is 5.62. The Kier molecular flexibility index (Phi) is 7.50. The largest absolute Gasteiger partial charge is 0.481 e. The maximum atomic E-state index is 12.2. The number of carboxylic acid groups (broad SMARTS) is 1. The van der Waals surface area contributed by atoms with Gasteiger partial charge < -0.3 is 20.6 Å². The fraction of sp³-hybridized carbons (Fsp3) is 0.867. The molecule has 0 aromatic heterocycles. The average molecular weight is 299 g/mol. The molecule has 0 spiro atoms. The van der Waals surface area contributed by atoms with Crippen molar-refractivity contribution in [2.24, 2.45) is 5.92 Å². The van der Waals surface area contributed by atoms with Crippen molar-refractivity contribution in [3.05, 3.63) is 0 Å². The molecule has 0 radical (unpaired) electrons. The first-order chi connectivity index (χ1) is 9.91. The second kappa shape index (κ2) is 8.87. The maximum Gasteiger partial charge on any atom is 0.317 e. The van der Waals surface area contributed by atoms with Gasteiger partial charge in [0.25, 0.3) is 0 Å². The number of aliphatic carboxylic acids is 1. The van der Waals surface area contributed by atoms with E-state index < -0.39 is 5.97 Å². The topological polar surface area (TPSA) is 81.7 Å². The van der Waals surface area contributed by atoms with Crippen LogP contribution in [0.2, 0.25) is 0 Å². The quantitative estimate of drug-likeness (QED) is 0.668. The number of nitrogens with zero attached hydrogens (tertiary/aromatic N) is 1. The molecule has 0 aromatic rings. The maximum absolute atomic E-state index is 12.2. The van der Waals surface area contributed by atoms with E-state index in [9.17, 15) is 9.59 Å². The molecule has 1 heterocycles. The van der Waals surface area contributed by atoms with Gasteiger partial charge in [0.15, 0.2) is 0 Å². The van der Waals surface area contributed by atoms with Crippen molar-refractivity contribution >= 4 is 12.0 Å². The summed E-state index contributed by atoms with van der Waals surface area (Å²) in [7, 11) is 1.85. The predicted octanol–water partition coefficient (Wildman–Crippen LogP) is 1.66. The fourth-order valence-electron chi connectivity index (χ4n) is 2.60. The van der Waals surface area contributed by atoms with Crippen molar-refractivity contribution in [1.29, 1.82) is 0 Å². The SMILES string of the molecule is CC(CCCC(C)C(=O)O)NC(=O)N(C)C1CCNCC1. The van der Waals surface area contributed by atoms with E-state index in [0.717, 1.165) is 38.8 Å². The van der Waals surface area contributed by atoms with Crippen LogP contribution in [0.5, 0.6) is 0 Å². The first-order valence-corrected chi connectivity index (χ1v) is 7.88. The molecule has 0 aromatic carbocycles. The summed E-state index contributed by atoms with van der Waals surface area (Å²) in [5.74, 6) is -1.07. The number of urea groups is 1. The molecule has 3 N–H and O–H groups in total. The van der Waals surface area contributed by atoms with Crippen molar-refractivity contribution in [2.45, 2.75) is 58.0 Å². The molecule has 1 aliphatic heterocycles. The fourth-order valence-corrected chi connectivity index (χ4v) is 2.60. The average Bonchev–Trinajstić information content (AvgIpc) is 2.46. The van der Waals surface area contributed by atoms with Gasteiger partial charge in [0.2, 0.25) is 0 Å². The Morgan fingerprint density at radius 1 is 1.29 bits per heavy atom. The number of rotatable bonds is 7. The van der Waals surface area contributed by atoms with Crippen molar-refractivity contribution in [3.63, 3.8) is 0 Å². The highest BCUT2D eigenvalue weighted by Gasteiger charge is 2.22. The van der Waals surface area contributed by atoms with E-state index in [-0.39, 0.29) is 18.0 Å². The summed E-state index contributed by atoms with van der Waals surface area (Å²) in [6.07, 6.45) is 4.26. The molecule has 21 heavy (non-hydrogen) atoms. The molecule has 6 nitrogen and oxygen atoms in total. The molecule has 2 amide bonds. The van der Waals surface area contributed by atoms with E-state index in [4.69, 9.17) is 5.11 Å². The molecule has 2 atom stereocenters. The van der Waals surface area contributed by atoms with E-state index >= 15 is 0 Å². The summed E-state index contributed by atoms with van der Waals surface area (Å²) in [4.78, 5) is 24.7. The molecule has 1 rings (SSSR count). The minimum absolute atomic E-state index is 0.0271. The van der Waals surface area contributed by atoms with Crippen LogP contribution >= 0.6 is 0 Å². The second-order valence-electron chi connectivity index (χ2n) is 6.11.